The second kappa shape index (κ2) is 11.5. The first kappa shape index (κ1) is 20.2. The third-order valence-corrected chi connectivity index (χ3v) is 6.39. The van der Waals surface area contributed by atoms with Gasteiger partial charge in [0.25, 0.3) is 0 Å². The number of carbonyl (C=O) groups is 1. The normalized spacial score (nSPS) is 12.4. The maximum atomic E-state index is 11.0. The number of nitrogens with zero attached hydrogens (tertiary/aromatic N) is 1. The molecule has 1 atom stereocenters. The van der Waals surface area contributed by atoms with Gasteiger partial charge in [0.15, 0.2) is 4.34 Å². The molecule has 0 amide bonds. The Morgan fingerprint density at radius 3 is 2.68 bits per heavy atom. The van der Waals surface area contributed by atoms with Crippen molar-refractivity contribution in [2.75, 3.05) is 12.9 Å². The van der Waals surface area contributed by atoms with Crippen LogP contribution >= 0.6 is 23.1 Å². The van der Waals surface area contributed by atoms with Crippen molar-refractivity contribution in [3.8, 4) is 0 Å². The molecule has 1 N–H and O–H groups in total. The Kier molecular flexibility index (Phi) is 9.29. The molecule has 0 saturated carbocycles. The number of fused-ring (bicyclic) bond motifs is 1. The van der Waals surface area contributed by atoms with E-state index in [1.54, 1.807) is 23.1 Å². The molecule has 1 heterocycles. The van der Waals surface area contributed by atoms with Crippen molar-refractivity contribution in [1.29, 1.82) is 0 Å². The molecule has 1 aromatic carbocycles. The molecule has 1 unspecified atom stereocenters. The summed E-state index contributed by atoms with van der Waals surface area (Å²) in [5, 5.41) is 10.1. The Balaban J connectivity index is 1.50. The summed E-state index contributed by atoms with van der Waals surface area (Å²) < 4.78 is 6.86. The molecule has 25 heavy (non-hydrogen) atoms. The number of thioether (sulfide) groups is 1. The van der Waals surface area contributed by atoms with Crippen LogP contribution in [-0.4, -0.2) is 35.0 Å². The predicted molar refractivity (Wildman–Crippen MR) is 105 cm³/mol. The molecule has 0 aliphatic rings. The Morgan fingerprint density at radius 2 is 1.92 bits per heavy atom. The topological polar surface area (TPSA) is 59.4 Å². The van der Waals surface area contributed by atoms with E-state index in [0.717, 1.165) is 48.4 Å². The zero-order valence-corrected chi connectivity index (χ0v) is 16.4. The maximum absolute atomic E-state index is 11.0. The standard InChI is InChI=1S/C19H27NO3S2/c1-23-18(22)13-7-5-3-2-4-6-10-15(21)14-24-19-20-16-11-8-9-12-17(16)25-19/h8-9,11-12,15,21H,2-7,10,13-14H2,1H3. The zero-order valence-electron chi connectivity index (χ0n) is 14.8. The summed E-state index contributed by atoms with van der Waals surface area (Å²) in [6.07, 6.45) is 7.60. The first-order chi connectivity index (χ1) is 12.2. The second-order valence-corrected chi connectivity index (χ2v) is 8.45. The van der Waals surface area contributed by atoms with E-state index in [-0.39, 0.29) is 12.1 Å². The highest BCUT2D eigenvalue weighted by Crippen LogP contribution is 2.30. The predicted octanol–water partition coefficient (Wildman–Crippen LogP) is 5.04. The lowest BCUT2D eigenvalue weighted by Crippen LogP contribution is -2.09. The number of hydrogen-bond acceptors (Lipinski definition) is 6. The van der Waals surface area contributed by atoms with E-state index >= 15 is 0 Å². The highest BCUT2D eigenvalue weighted by Gasteiger charge is 2.08. The number of aliphatic hydroxyl groups excluding tert-OH is 1. The highest BCUT2D eigenvalue weighted by atomic mass is 32.2. The molecular weight excluding hydrogens is 354 g/mol. The van der Waals surface area contributed by atoms with Crippen LogP contribution < -0.4 is 0 Å². The van der Waals surface area contributed by atoms with Gasteiger partial charge in [-0.05, 0) is 25.0 Å². The van der Waals surface area contributed by atoms with Crippen LogP contribution in [0.3, 0.4) is 0 Å². The summed E-state index contributed by atoms with van der Waals surface area (Å²) in [6, 6.07) is 8.14. The molecule has 2 aromatic rings. The van der Waals surface area contributed by atoms with Crippen LogP contribution in [0, 0.1) is 0 Å². The molecule has 6 heteroatoms. The summed E-state index contributed by atoms with van der Waals surface area (Å²) in [5.74, 6) is 0.590. The maximum Gasteiger partial charge on any atom is 0.305 e. The number of para-hydroxylation sites is 1. The van der Waals surface area contributed by atoms with Gasteiger partial charge >= 0.3 is 5.97 Å². The highest BCUT2D eigenvalue weighted by molar-refractivity contribution is 8.01. The molecule has 0 fully saturated rings. The molecular formula is C19H27NO3S2. The van der Waals surface area contributed by atoms with Crippen molar-refractivity contribution < 1.29 is 14.6 Å². The van der Waals surface area contributed by atoms with Gasteiger partial charge in [-0.2, -0.15) is 0 Å². The second-order valence-electron chi connectivity index (χ2n) is 6.15. The van der Waals surface area contributed by atoms with Crippen molar-refractivity contribution in [2.45, 2.75) is 61.8 Å². The zero-order chi connectivity index (χ0) is 17.9. The van der Waals surface area contributed by atoms with E-state index in [1.807, 2.05) is 18.2 Å². The van der Waals surface area contributed by atoms with Gasteiger partial charge in [-0.1, -0.05) is 56.0 Å². The fourth-order valence-electron chi connectivity index (χ4n) is 2.62. The van der Waals surface area contributed by atoms with E-state index in [9.17, 15) is 9.90 Å². The molecule has 2 rings (SSSR count). The molecule has 0 saturated heterocycles. The van der Waals surface area contributed by atoms with E-state index in [1.165, 1.54) is 18.2 Å². The van der Waals surface area contributed by atoms with Crippen LogP contribution in [-0.2, 0) is 9.53 Å². The quantitative estimate of drug-likeness (QED) is 0.317. The largest absolute Gasteiger partial charge is 0.469 e. The fraction of sp³-hybridized carbons (Fsp3) is 0.579. The Hall–Kier alpha value is -1.11. The number of aliphatic hydroxyl groups is 1. The Bertz CT molecular complexity index is 611. The van der Waals surface area contributed by atoms with Crippen molar-refractivity contribution in [1.82, 2.24) is 4.98 Å². The number of esters is 1. The minimum absolute atomic E-state index is 0.117. The van der Waals surface area contributed by atoms with Crippen molar-refractivity contribution in [3.05, 3.63) is 24.3 Å². The van der Waals surface area contributed by atoms with Crippen LogP contribution in [0.5, 0.6) is 0 Å². The van der Waals surface area contributed by atoms with Crippen LogP contribution in [0.15, 0.2) is 28.6 Å². The summed E-state index contributed by atoms with van der Waals surface area (Å²) in [6.45, 7) is 0. The first-order valence-electron chi connectivity index (χ1n) is 8.92. The van der Waals surface area contributed by atoms with E-state index in [4.69, 9.17) is 0 Å². The number of rotatable bonds is 12. The number of unbranched alkanes of at least 4 members (excludes halogenated alkanes) is 5. The van der Waals surface area contributed by atoms with E-state index in [2.05, 4.69) is 15.8 Å². The van der Waals surface area contributed by atoms with Crippen LogP contribution in [0.1, 0.15) is 51.4 Å². The molecule has 0 spiro atoms. The Labute approximate surface area is 158 Å². The fourth-order valence-corrected chi connectivity index (χ4v) is 4.69. The van der Waals surface area contributed by atoms with Gasteiger partial charge in [-0.15, -0.1) is 11.3 Å². The van der Waals surface area contributed by atoms with Crippen LogP contribution in [0.4, 0.5) is 0 Å². The molecule has 0 radical (unpaired) electrons. The number of hydrogen-bond donors (Lipinski definition) is 1. The molecule has 0 aliphatic heterocycles. The van der Waals surface area contributed by atoms with Crippen molar-refractivity contribution in [3.63, 3.8) is 0 Å². The van der Waals surface area contributed by atoms with Gasteiger partial charge in [0.1, 0.15) is 0 Å². The van der Waals surface area contributed by atoms with Crippen molar-refractivity contribution >= 4 is 39.3 Å². The number of thiazole rings is 1. The minimum Gasteiger partial charge on any atom is -0.469 e. The lowest BCUT2D eigenvalue weighted by Gasteiger charge is -2.08. The first-order valence-corrected chi connectivity index (χ1v) is 10.7. The summed E-state index contributed by atoms with van der Waals surface area (Å²) >= 11 is 3.34. The summed E-state index contributed by atoms with van der Waals surface area (Å²) in [4.78, 5) is 15.6. The summed E-state index contributed by atoms with van der Waals surface area (Å²) in [7, 11) is 1.43. The number of ether oxygens (including phenoxy) is 1. The lowest BCUT2D eigenvalue weighted by atomic mass is 10.1. The Morgan fingerprint density at radius 1 is 1.20 bits per heavy atom. The van der Waals surface area contributed by atoms with Gasteiger partial charge in [0.2, 0.25) is 0 Å². The monoisotopic (exact) mass is 381 g/mol. The average Bonchev–Trinajstić information content (AvgIpc) is 3.04. The molecule has 138 valence electrons. The number of methoxy groups -OCH3 is 1. The van der Waals surface area contributed by atoms with Gasteiger partial charge in [0.05, 0.1) is 23.4 Å². The SMILES string of the molecule is COC(=O)CCCCCCCCC(O)CSc1nc2ccccc2s1. The number of benzene rings is 1. The van der Waals surface area contributed by atoms with Gasteiger partial charge in [-0.3, -0.25) is 4.79 Å². The third kappa shape index (κ3) is 7.75. The van der Waals surface area contributed by atoms with Crippen molar-refractivity contribution in [2.24, 2.45) is 0 Å². The smallest absolute Gasteiger partial charge is 0.305 e. The summed E-state index contributed by atoms with van der Waals surface area (Å²) in [5.41, 5.74) is 1.04. The molecule has 1 aromatic heterocycles. The van der Waals surface area contributed by atoms with Gasteiger partial charge in [0, 0.05) is 12.2 Å². The van der Waals surface area contributed by atoms with E-state index < -0.39 is 0 Å². The van der Waals surface area contributed by atoms with Crippen LogP contribution in [0.2, 0.25) is 0 Å². The average molecular weight is 382 g/mol. The lowest BCUT2D eigenvalue weighted by molar-refractivity contribution is -0.140. The van der Waals surface area contributed by atoms with Crippen LogP contribution in [0.25, 0.3) is 10.2 Å². The molecule has 0 bridgehead atoms. The molecule has 0 aliphatic carbocycles. The molecule has 4 nitrogen and oxygen atoms in total. The minimum atomic E-state index is -0.267. The number of carbonyl (C=O) groups excluding carboxylic acids is 1. The van der Waals surface area contributed by atoms with Gasteiger partial charge in [-0.25, -0.2) is 4.98 Å². The third-order valence-electron chi connectivity index (χ3n) is 4.07. The van der Waals surface area contributed by atoms with E-state index in [0.29, 0.717) is 12.2 Å². The number of aromatic nitrogens is 1. The van der Waals surface area contributed by atoms with Gasteiger partial charge < -0.3 is 9.84 Å².